The Morgan fingerprint density at radius 3 is 1.96 bits per heavy atom. The molecule has 1 rings (SSSR count). The Labute approximate surface area is 132 Å². The van der Waals surface area contributed by atoms with Crippen molar-refractivity contribution in [2.24, 2.45) is 0 Å². The van der Waals surface area contributed by atoms with Crippen molar-refractivity contribution in [1.29, 1.82) is 0 Å². The molecule has 0 fully saturated rings. The van der Waals surface area contributed by atoms with Crippen LogP contribution in [0.1, 0.15) is 31.2 Å². The molecule has 0 aromatic heterocycles. The van der Waals surface area contributed by atoms with Gasteiger partial charge in [-0.25, -0.2) is 17.6 Å². The summed E-state index contributed by atoms with van der Waals surface area (Å²) in [6.07, 6.45) is -4.39. The number of amides is 1. The second-order valence-electron chi connectivity index (χ2n) is 4.86. The summed E-state index contributed by atoms with van der Waals surface area (Å²) in [6.45, 7) is 0.445. The molecular formula is C14H14F7NO2. The zero-order valence-corrected chi connectivity index (χ0v) is 12.5. The van der Waals surface area contributed by atoms with E-state index in [1.54, 1.807) is 5.32 Å². The summed E-state index contributed by atoms with van der Waals surface area (Å²) in [5.74, 6) is -10.8. The molecule has 1 amide bonds. The van der Waals surface area contributed by atoms with E-state index in [0.29, 0.717) is 25.9 Å². The number of rotatable bonds is 7. The average molecular weight is 361 g/mol. The molecule has 0 aliphatic heterocycles. The van der Waals surface area contributed by atoms with Crippen LogP contribution in [0.3, 0.4) is 0 Å². The first-order valence-corrected chi connectivity index (χ1v) is 6.83. The minimum absolute atomic E-state index is 0.229. The van der Waals surface area contributed by atoms with E-state index < -0.39 is 46.6 Å². The summed E-state index contributed by atoms with van der Waals surface area (Å²) >= 11 is 0. The molecule has 10 heteroatoms. The van der Waals surface area contributed by atoms with Crippen molar-refractivity contribution >= 4 is 11.6 Å². The standard InChI is InChI=1S/C14H14F7NO2/c1-24-6-4-2-3-5-7(23)22-13-11(17)9(15)8(14(19,20)21)10(16)12(13)18/h2-6H2,1H3,(H,22,23). The van der Waals surface area contributed by atoms with Gasteiger partial charge in [-0.3, -0.25) is 4.79 Å². The maximum Gasteiger partial charge on any atom is 0.422 e. The molecule has 136 valence electrons. The Morgan fingerprint density at radius 1 is 0.958 bits per heavy atom. The number of hydrogen-bond donors (Lipinski definition) is 1. The fourth-order valence-electron chi connectivity index (χ4n) is 1.90. The molecule has 1 N–H and O–H groups in total. The van der Waals surface area contributed by atoms with Crippen LogP contribution < -0.4 is 5.32 Å². The summed E-state index contributed by atoms with van der Waals surface area (Å²) in [7, 11) is 1.48. The third kappa shape index (κ3) is 4.83. The van der Waals surface area contributed by atoms with E-state index in [4.69, 9.17) is 4.74 Å². The van der Waals surface area contributed by atoms with Gasteiger partial charge in [0, 0.05) is 20.1 Å². The molecule has 0 aliphatic carbocycles. The van der Waals surface area contributed by atoms with Gasteiger partial charge in [0.15, 0.2) is 23.3 Å². The van der Waals surface area contributed by atoms with Gasteiger partial charge in [0.25, 0.3) is 0 Å². The number of carbonyl (C=O) groups excluding carboxylic acids is 1. The summed E-state index contributed by atoms with van der Waals surface area (Å²) in [4.78, 5) is 11.5. The number of nitrogens with one attached hydrogen (secondary N) is 1. The molecule has 0 unspecified atom stereocenters. The second-order valence-corrected chi connectivity index (χ2v) is 4.86. The summed E-state index contributed by atoms with van der Waals surface area (Å²) in [5.41, 5.74) is -4.27. The fraction of sp³-hybridized carbons (Fsp3) is 0.500. The van der Waals surface area contributed by atoms with Gasteiger partial charge in [0.1, 0.15) is 11.3 Å². The number of carbonyl (C=O) groups is 1. The lowest BCUT2D eigenvalue weighted by molar-refractivity contribution is -0.143. The van der Waals surface area contributed by atoms with Gasteiger partial charge in [-0.2, -0.15) is 13.2 Å². The van der Waals surface area contributed by atoms with E-state index in [2.05, 4.69) is 0 Å². The van der Waals surface area contributed by atoms with E-state index in [1.807, 2.05) is 0 Å². The molecular weight excluding hydrogens is 347 g/mol. The minimum atomic E-state index is -5.63. The van der Waals surface area contributed by atoms with Crippen LogP contribution in [0, 0.1) is 23.3 Å². The highest BCUT2D eigenvalue weighted by Crippen LogP contribution is 2.38. The number of methoxy groups -OCH3 is 1. The highest BCUT2D eigenvalue weighted by Gasteiger charge is 2.42. The fourth-order valence-corrected chi connectivity index (χ4v) is 1.90. The van der Waals surface area contributed by atoms with Crippen molar-refractivity contribution < 1.29 is 40.3 Å². The maximum absolute atomic E-state index is 13.6. The zero-order chi connectivity index (χ0) is 18.5. The van der Waals surface area contributed by atoms with Crippen molar-refractivity contribution in [2.45, 2.75) is 31.9 Å². The lowest BCUT2D eigenvalue weighted by Gasteiger charge is -2.14. The molecule has 0 saturated carbocycles. The van der Waals surface area contributed by atoms with Crippen LogP contribution in [0.5, 0.6) is 0 Å². The molecule has 0 aliphatic rings. The van der Waals surface area contributed by atoms with Crippen molar-refractivity contribution in [3.8, 4) is 0 Å². The van der Waals surface area contributed by atoms with Crippen LogP contribution in [0.4, 0.5) is 36.4 Å². The third-order valence-corrected chi connectivity index (χ3v) is 3.06. The smallest absolute Gasteiger partial charge is 0.385 e. The van der Waals surface area contributed by atoms with Gasteiger partial charge in [0.2, 0.25) is 5.91 Å². The lowest BCUT2D eigenvalue weighted by atomic mass is 10.1. The highest BCUT2D eigenvalue weighted by molar-refractivity contribution is 5.91. The van der Waals surface area contributed by atoms with Crippen molar-refractivity contribution in [1.82, 2.24) is 0 Å². The summed E-state index contributed by atoms with van der Waals surface area (Å²) in [5, 5.41) is 1.56. The van der Waals surface area contributed by atoms with Gasteiger partial charge in [-0.1, -0.05) is 6.42 Å². The first-order valence-electron chi connectivity index (χ1n) is 6.83. The molecule has 1 aromatic rings. The number of anilines is 1. The summed E-state index contributed by atoms with van der Waals surface area (Å²) in [6, 6.07) is 0. The van der Waals surface area contributed by atoms with Crippen LogP contribution >= 0.6 is 0 Å². The number of hydrogen-bond acceptors (Lipinski definition) is 2. The van der Waals surface area contributed by atoms with E-state index in [9.17, 15) is 35.5 Å². The number of halogens is 7. The SMILES string of the molecule is COCCCCCC(=O)Nc1c(F)c(F)c(C(F)(F)F)c(F)c1F. The summed E-state index contributed by atoms with van der Waals surface area (Å²) < 4.78 is 95.9. The Hall–Kier alpha value is -1.84. The normalized spacial score (nSPS) is 11.7. The van der Waals surface area contributed by atoms with Crippen molar-refractivity contribution in [3.05, 3.63) is 28.8 Å². The Kier molecular flexibility index (Phi) is 7.00. The maximum atomic E-state index is 13.6. The van der Waals surface area contributed by atoms with Gasteiger partial charge < -0.3 is 10.1 Å². The van der Waals surface area contributed by atoms with Crippen LogP contribution in [0.25, 0.3) is 0 Å². The lowest BCUT2D eigenvalue weighted by Crippen LogP contribution is -2.20. The topological polar surface area (TPSA) is 38.3 Å². The Balaban J connectivity index is 2.92. The molecule has 24 heavy (non-hydrogen) atoms. The van der Waals surface area contributed by atoms with Gasteiger partial charge in [0.05, 0.1) is 0 Å². The van der Waals surface area contributed by atoms with Crippen molar-refractivity contribution in [3.63, 3.8) is 0 Å². The predicted octanol–water partition coefficient (Wildman–Crippen LogP) is 4.41. The quantitative estimate of drug-likeness (QED) is 0.444. The van der Waals surface area contributed by atoms with E-state index in [1.165, 1.54) is 7.11 Å². The molecule has 1 aromatic carbocycles. The predicted molar refractivity (Wildman–Crippen MR) is 70.2 cm³/mol. The van der Waals surface area contributed by atoms with E-state index >= 15 is 0 Å². The molecule has 0 spiro atoms. The Morgan fingerprint density at radius 2 is 1.50 bits per heavy atom. The molecule has 0 bridgehead atoms. The van der Waals surface area contributed by atoms with Crippen molar-refractivity contribution in [2.75, 3.05) is 19.0 Å². The first-order chi connectivity index (χ1) is 11.1. The number of benzene rings is 1. The monoisotopic (exact) mass is 361 g/mol. The number of unbranched alkanes of at least 4 members (excludes halogenated alkanes) is 2. The largest absolute Gasteiger partial charge is 0.422 e. The highest BCUT2D eigenvalue weighted by atomic mass is 19.4. The van der Waals surface area contributed by atoms with Crippen LogP contribution in [-0.4, -0.2) is 19.6 Å². The van der Waals surface area contributed by atoms with Crippen LogP contribution in [0.15, 0.2) is 0 Å². The molecule has 3 nitrogen and oxygen atoms in total. The molecule has 0 radical (unpaired) electrons. The molecule has 0 saturated heterocycles. The van der Waals surface area contributed by atoms with E-state index in [0.717, 1.165) is 0 Å². The first kappa shape index (κ1) is 20.2. The van der Waals surface area contributed by atoms with Gasteiger partial charge >= 0.3 is 6.18 Å². The van der Waals surface area contributed by atoms with Crippen LogP contribution in [-0.2, 0) is 15.7 Å². The van der Waals surface area contributed by atoms with Crippen LogP contribution in [0.2, 0.25) is 0 Å². The number of alkyl halides is 3. The minimum Gasteiger partial charge on any atom is -0.385 e. The third-order valence-electron chi connectivity index (χ3n) is 3.06. The molecule has 0 heterocycles. The van der Waals surface area contributed by atoms with E-state index in [-0.39, 0.29) is 6.42 Å². The number of ether oxygens (including phenoxy) is 1. The second kappa shape index (κ2) is 8.32. The zero-order valence-electron chi connectivity index (χ0n) is 12.5. The van der Waals surface area contributed by atoms with Gasteiger partial charge in [-0.15, -0.1) is 0 Å². The average Bonchev–Trinajstić information content (AvgIpc) is 2.48. The van der Waals surface area contributed by atoms with Gasteiger partial charge in [-0.05, 0) is 12.8 Å². The molecule has 0 atom stereocenters. The Bertz CT molecular complexity index is 573.